The van der Waals surface area contributed by atoms with Gasteiger partial charge in [-0.3, -0.25) is 4.90 Å². The second-order valence-corrected chi connectivity index (χ2v) is 5.57. The molecule has 2 rings (SSSR count). The van der Waals surface area contributed by atoms with Gasteiger partial charge in [-0.1, -0.05) is 17.7 Å². The number of halogens is 7. The van der Waals surface area contributed by atoms with Gasteiger partial charge in [0, 0.05) is 38.6 Å². The van der Waals surface area contributed by atoms with E-state index >= 15 is 0 Å². The highest BCUT2D eigenvalue weighted by molar-refractivity contribution is 6.32. The molecular weight excluding hydrogens is 378 g/mol. The van der Waals surface area contributed by atoms with Gasteiger partial charge in [0.05, 0.1) is 5.02 Å². The lowest BCUT2D eigenvalue weighted by Gasteiger charge is -2.35. The summed E-state index contributed by atoms with van der Waals surface area (Å²) in [5.74, 6) is -0.543. The van der Waals surface area contributed by atoms with Crippen molar-refractivity contribution >= 4 is 24.0 Å². The van der Waals surface area contributed by atoms with Crippen LogP contribution in [0.2, 0.25) is 5.02 Å². The van der Waals surface area contributed by atoms with E-state index in [0.29, 0.717) is 31.7 Å². The molecule has 1 N–H and O–H groups in total. The molecule has 1 saturated heterocycles. The molecule has 1 heterocycles. The van der Waals surface area contributed by atoms with Crippen molar-refractivity contribution in [1.82, 2.24) is 10.2 Å². The number of nitrogens with zero attached hydrogens (tertiary/aromatic N) is 1. The van der Waals surface area contributed by atoms with Gasteiger partial charge in [0.2, 0.25) is 6.43 Å². The molecule has 0 radical (unpaired) electrons. The fourth-order valence-electron chi connectivity index (χ4n) is 2.59. The highest BCUT2D eigenvalue weighted by Gasteiger charge is 2.32. The van der Waals surface area contributed by atoms with Crippen LogP contribution in [0.4, 0.5) is 22.0 Å². The van der Waals surface area contributed by atoms with Gasteiger partial charge < -0.3 is 10.1 Å². The van der Waals surface area contributed by atoms with Crippen LogP contribution in [0, 0.1) is 0 Å². The van der Waals surface area contributed by atoms with Crippen LogP contribution in [-0.2, 0) is 0 Å². The Morgan fingerprint density at radius 2 is 1.83 bits per heavy atom. The summed E-state index contributed by atoms with van der Waals surface area (Å²) in [6.45, 7) is 2.50. The minimum absolute atomic E-state index is 0. The molecule has 1 fully saturated rings. The predicted molar refractivity (Wildman–Crippen MR) is 83.2 cm³/mol. The van der Waals surface area contributed by atoms with E-state index in [-0.39, 0.29) is 17.4 Å². The zero-order valence-electron chi connectivity index (χ0n) is 12.5. The highest BCUT2D eigenvalue weighted by atomic mass is 35.5. The first kappa shape index (κ1) is 21.2. The van der Waals surface area contributed by atoms with Crippen molar-refractivity contribution in [1.29, 1.82) is 0 Å². The van der Waals surface area contributed by atoms with Crippen LogP contribution >= 0.6 is 24.0 Å². The smallest absolute Gasteiger partial charge is 0.404 e. The number of piperazine rings is 1. The predicted octanol–water partition coefficient (Wildman–Crippen LogP) is 4.26. The minimum Gasteiger partial charge on any atom is -0.404 e. The van der Waals surface area contributed by atoms with Gasteiger partial charge in [-0.2, -0.15) is 0 Å². The second-order valence-electron chi connectivity index (χ2n) is 5.17. The third-order valence-electron chi connectivity index (χ3n) is 3.56. The van der Waals surface area contributed by atoms with Crippen molar-refractivity contribution in [3.8, 4) is 5.75 Å². The molecule has 0 spiro atoms. The molecule has 24 heavy (non-hydrogen) atoms. The minimum atomic E-state index is -4.86. The summed E-state index contributed by atoms with van der Waals surface area (Å²) in [5, 5.41) is 2.87. The highest BCUT2D eigenvalue weighted by Crippen LogP contribution is 2.35. The average molecular weight is 395 g/mol. The standard InChI is InChI=1S/C14H16ClF5N2O.ClH/c15-10-7-9(1-2-12(10)23-14(18,19)20)11(8-13(16)17)22-5-3-21-4-6-22;/h1-2,7,11,13,21H,3-6,8H2;1H/t11-;/m1./s1. The lowest BCUT2D eigenvalue weighted by atomic mass is 10.0. The Labute approximate surface area is 147 Å². The maximum Gasteiger partial charge on any atom is 0.573 e. The number of nitrogens with one attached hydrogen (secondary N) is 1. The number of hydrogen-bond donors (Lipinski definition) is 1. The van der Waals surface area contributed by atoms with Crippen LogP contribution in [0.15, 0.2) is 18.2 Å². The van der Waals surface area contributed by atoms with Crippen LogP contribution < -0.4 is 10.1 Å². The Morgan fingerprint density at radius 3 is 2.33 bits per heavy atom. The maximum atomic E-state index is 12.9. The van der Waals surface area contributed by atoms with E-state index in [4.69, 9.17) is 11.6 Å². The molecule has 1 aliphatic rings. The van der Waals surface area contributed by atoms with Crippen molar-refractivity contribution in [3.05, 3.63) is 28.8 Å². The van der Waals surface area contributed by atoms with Crippen LogP contribution in [0.1, 0.15) is 18.0 Å². The molecule has 1 aliphatic heterocycles. The average Bonchev–Trinajstić information content (AvgIpc) is 2.46. The summed E-state index contributed by atoms with van der Waals surface area (Å²) in [7, 11) is 0. The Balaban J connectivity index is 0.00000288. The van der Waals surface area contributed by atoms with E-state index in [1.165, 1.54) is 12.1 Å². The first-order chi connectivity index (χ1) is 10.8. The zero-order valence-corrected chi connectivity index (χ0v) is 14.0. The first-order valence-electron chi connectivity index (χ1n) is 7.04. The Kier molecular flexibility index (Phi) is 7.98. The normalized spacial score (nSPS) is 17.5. The summed E-state index contributed by atoms with van der Waals surface area (Å²) < 4.78 is 66.3. The van der Waals surface area contributed by atoms with Gasteiger partial charge in [0.1, 0.15) is 5.75 Å². The number of hydrogen-bond acceptors (Lipinski definition) is 3. The van der Waals surface area contributed by atoms with Gasteiger partial charge >= 0.3 is 6.36 Å². The fourth-order valence-corrected chi connectivity index (χ4v) is 2.82. The summed E-state index contributed by atoms with van der Waals surface area (Å²) in [6.07, 6.45) is -7.79. The van der Waals surface area contributed by atoms with E-state index < -0.39 is 31.0 Å². The summed E-state index contributed by atoms with van der Waals surface area (Å²) in [5.41, 5.74) is 0.451. The van der Waals surface area contributed by atoms with Gasteiger partial charge in [-0.05, 0) is 17.7 Å². The summed E-state index contributed by atoms with van der Waals surface area (Å²) >= 11 is 5.81. The van der Waals surface area contributed by atoms with Crippen molar-refractivity contribution in [2.24, 2.45) is 0 Å². The van der Waals surface area contributed by atoms with E-state index in [1.807, 2.05) is 4.90 Å². The number of rotatable bonds is 5. The number of benzene rings is 1. The van der Waals surface area contributed by atoms with Crippen LogP contribution in [0.25, 0.3) is 0 Å². The summed E-state index contributed by atoms with van der Waals surface area (Å²) in [4.78, 5) is 1.87. The second kappa shape index (κ2) is 9.03. The molecule has 0 amide bonds. The van der Waals surface area contributed by atoms with E-state index in [1.54, 1.807) is 0 Å². The van der Waals surface area contributed by atoms with Gasteiger partial charge in [0.15, 0.2) is 0 Å². The fraction of sp³-hybridized carbons (Fsp3) is 0.571. The molecule has 0 aliphatic carbocycles. The van der Waals surface area contributed by atoms with E-state index in [0.717, 1.165) is 6.07 Å². The third kappa shape index (κ3) is 6.23. The quantitative estimate of drug-likeness (QED) is 0.755. The van der Waals surface area contributed by atoms with E-state index in [9.17, 15) is 22.0 Å². The van der Waals surface area contributed by atoms with Gasteiger partial charge in [-0.25, -0.2) is 8.78 Å². The molecular formula is C14H17Cl2F5N2O. The van der Waals surface area contributed by atoms with Crippen molar-refractivity contribution in [3.63, 3.8) is 0 Å². The van der Waals surface area contributed by atoms with Crippen molar-refractivity contribution < 1.29 is 26.7 Å². The van der Waals surface area contributed by atoms with E-state index in [2.05, 4.69) is 10.1 Å². The molecule has 10 heteroatoms. The molecule has 1 aromatic rings. The maximum absolute atomic E-state index is 12.9. The van der Waals surface area contributed by atoms with Crippen molar-refractivity contribution in [2.75, 3.05) is 26.2 Å². The Bertz CT molecular complexity index is 524. The Morgan fingerprint density at radius 1 is 1.21 bits per heavy atom. The lowest BCUT2D eigenvalue weighted by Crippen LogP contribution is -2.45. The largest absolute Gasteiger partial charge is 0.573 e. The first-order valence-corrected chi connectivity index (χ1v) is 7.42. The summed E-state index contributed by atoms with van der Waals surface area (Å²) in [6, 6.07) is 3.07. The molecule has 0 aromatic heterocycles. The number of ether oxygens (including phenoxy) is 1. The molecule has 1 atom stereocenters. The molecule has 1 aromatic carbocycles. The van der Waals surface area contributed by atoms with Gasteiger partial charge in [-0.15, -0.1) is 25.6 Å². The molecule has 0 saturated carbocycles. The SMILES string of the molecule is Cl.FC(F)C[C@H](c1ccc(OC(F)(F)F)c(Cl)c1)N1CCNCC1. The Hall–Kier alpha value is -0.830. The van der Waals surface area contributed by atoms with Crippen LogP contribution in [0.5, 0.6) is 5.75 Å². The molecule has 0 unspecified atom stereocenters. The molecule has 3 nitrogen and oxygen atoms in total. The third-order valence-corrected chi connectivity index (χ3v) is 3.86. The van der Waals surface area contributed by atoms with Crippen LogP contribution in [0.3, 0.4) is 0 Å². The zero-order chi connectivity index (χ0) is 17.0. The topological polar surface area (TPSA) is 24.5 Å². The van der Waals surface area contributed by atoms with Crippen molar-refractivity contribution in [2.45, 2.75) is 25.3 Å². The molecule has 0 bridgehead atoms. The van der Waals surface area contributed by atoms with Gasteiger partial charge in [0.25, 0.3) is 0 Å². The number of alkyl halides is 5. The monoisotopic (exact) mass is 394 g/mol. The van der Waals surface area contributed by atoms with Crippen LogP contribution in [-0.4, -0.2) is 43.9 Å². The molecule has 138 valence electrons. The lowest BCUT2D eigenvalue weighted by molar-refractivity contribution is -0.274.